The molecule has 1 N–H and O–H groups in total. The molecule has 0 heterocycles. The van der Waals surface area contributed by atoms with Crippen molar-refractivity contribution in [3.8, 4) is 0 Å². The molecule has 1 amide bonds. The molecule has 1 unspecified atom stereocenters. The minimum absolute atomic E-state index is 0.0376. The number of carbonyl (C=O) groups is 3. The fourth-order valence-electron chi connectivity index (χ4n) is 7.14. The van der Waals surface area contributed by atoms with Gasteiger partial charge in [0.1, 0.15) is 27.8 Å². The molecule has 0 saturated heterocycles. The monoisotopic (exact) mass is 729 g/mol. The summed E-state index contributed by atoms with van der Waals surface area (Å²) in [4.78, 5) is 39.2. The van der Waals surface area contributed by atoms with Gasteiger partial charge in [-0.05, 0) is 127 Å². The van der Waals surface area contributed by atoms with E-state index in [0.717, 1.165) is 36.4 Å². The number of ether oxygens (including phenoxy) is 2. The first-order valence-electron chi connectivity index (χ1n) is 16.4. The van der Waals surface area contributed by atoms with Crippen LogP contribution in [0.15, 0.2) is 47.4 Å². The Morgan fingerprint density at radius 1 is 0.900 bits per heavy atom. The van der Waals surface area contributed by atoms with Gasteiger partial charge < -0.3 is 14.8 Å². The number of hydrogen-bond acceptors (Lipinski definition) is 7. The fourth-order valence-corrected chi connectivity index (χ4v) is 9.64. The number of rotatable bonds is 9. The SMILES string of the molecule is CC(C)(C)OC(=O)C[C@@H](NC(=O)OC(C)(C)C)C(=O)C[C@@H]1CC[C@@]2(S(=O)(=O)c3ccc(F)cc3)c3ccc(C(C)(F)C(F)(F)F)cc3CC[C@@H]12. The smallest absolute Gasteiger partial charge is 0.426 e. The number of aryl methyl sites for hydroxylation is 1. The topological polar surface area (TPSA) is 116 Å². The lowest BCUT2D eigenvalue weighted by molar-refractivity contribution is -0.228. The van der Waals surface area contributed by atoms with Crippen LogP contribution in [0.5, 0.6) is 0 Å². The number of amides is 1. The number of alkyl halides is 4. The van der Waals surface area contributed by atoms with Gasteiger partial charge in [-0.15, -0.1) is 0 Å². The van der Waals surface area contributed by atoms with Crippen molar-refractivity contribution in [3.63, 3.8) is 0 Å². The molecule has 2 aromatic carbocycles. The second-order valence-corrected chi connectivity index (χ2v) is 17.5. The summed E-state index contributed by atoms with van der Waals surface area (Å²) < 4.78 is 108. The van der Waals surface area contributed by atoms with Crippen molar-refractivity contribution < 1.29 is 54.2 Å². The van der Waals surface area contributed by atoms with Crippen LogP contribution < -0.4 is 5.32 Å². The molecular weight excluding hydrogens is 685 g/mol. The maximum Gasteiger partial charge on any atom is 0.426 e. The van der Waals surface area contributed by atoms with Gasteiger partial charge in [-0.25, -0.2) is 22.0 Å². The van der Waals surface area contributed by atoms with E-state index in [-0.39, 0.29) is 48.1 Å². The lowest BCUT2D eigenvalue weighted by Crippen LogP contribution is -2.47. The molecule has 4 rings (SSSR count). The van der Waals surface area contributed by atoms with E-state index in [1.807, 2.05) is 0 Å². The molecule has 2 aliphatic rings. The summed E-state index contributed by atoms with van der Waals surface area (Å²) in [7, 11) is -4.39. The Hall–Kier alpha value is -3.55. The van der Waals surface area contributed by atoms with E-state index in [2.05, 4.69) is 5.32 Å². The normalized spacial score (nSPS) is 22.8. The number of ketones is 1. The second-order valence-electron chi connectivity index (χ2n) is 15.3. The van der Waals surface area contributed by atoms with Gasteiger partial charge in [0.2, 0.25) is 5.67 Å². The summed E-state index contributed by atoms with van der Waals surface area (Å²) in [6.07, 6.45) is -6.56. The molecule has 14 heteroatoms. The number of Topliss-reactive ketones (excluding diaryl/α,β-unsaturated/α-hetero) is 1. The van der Waals surface area contributed by atoms with Crippen LogP contribution in [0.2, 0.25) is 0 Å². The molecule has 1 fully saturated rings. The Balaban J connectivity index is 1.75. The summed E-state index contributed by atoms with van der Waals surface area (Å²) in [5.74, 6) is -3.35. The molecule has 1 saturated carbocycles. The third kappa shape index (κ3) is 8.00. The van der Waals surface area contributed by atoms with Crippen molar-refractivity contribution in [2.24, 2.45) is 11.8 Å². The van der Waals surface area contributed by atoms with E-state index in [4.69, 9.17) is 9.47 Å². The highest BCUT2D eigenvalue weighted by atomic mass is 32.2. The van der Waals surface area contributed by atoms with E-state index in [1.165, 1.54) is 6.07 Å². The van der Waals surface area contributed by atoms with E-state index in [0.29, 0.717) is 6.92 Å². The van der Waals surface area contributed by atoms with E-state index in [9.17, 15) is 40.4 Å². The quantitative estimate of drug-likeness (QED) is 0.159. The van der Waals surface area contributed by atoms with E-state index < -0.39 is 91.2 Å². The zero-order valence-electron chi connectivity index (χ0n) is 29.2. The molecule has 0 spiro atoms. The maximum absolute atomic E-state index is 15.1. The highest BCUT2D eigenvalue weighted by molar-refractivity contribution is 7.92. The van der Waals surface area contributed by atoms with Crippen LogP contribution in [0.3, 0.4) is 0 Å². The predicted molar refractivity (Wildman–Crippen MR) is 174 cm³/mol. The van der Waals surface area contributed by atoms with Crippen LogP contribution in [0, 0.1) is 17.7 Å². The predicted octanol–water partition coefficient (Wildman–Crippen LogP) is 7.80. The molecular formula is C36H44F5NO7S. The fraction of sp³-hybridized carbons (Fsp3) is 0.583. The van der Waals surface area contributed by atoms with Crippen LogP contribution >= 0.6 is 0 Å². The van der Waals surface area contributed by atoms with Crippen molar-refractivity contribution >= 4 is 27.7 Å². The Morgan fingerprint density at radius 3 is 2.06 bits per heavy atom. The van der Waals surface area contributed by atoms with Gasteiger partial charge in [0.15, 0.2) is 15.6 Å². The summed E-state index contributed by atoms with van der Waals surface area (Å²) in [5, 5.41) is 2.46. The molecule has 8 nitrogen and oxygen atoms in total. The minimum atomic E-state index is -5.22. The van der Waals surface area contributed by atoms with Crippen LogP contribution in [-0.2, 0) is 45.7 Å². The lowest BCUT2D eigenvalue weighted by atomic mass is 9.71. The Bertz CT molecular complexity index is 1700. The van der Waals surface area contributed by atoms with Crippen LogP contribution in [0.1, 0.15) is 97.3 Å². The van der Waals surface area contributed by atoms with Crippen molar-refractivity contribution in [2.75, 3.05) is 0 Å². The number of fused-ring (bicyclic) bond motifs is 3. The zero-order valence-corrected chi connectivity index (χ0v) is 30.0. The first-order valence-corrected chi connectivity index (χ1v) is 17.9. The Labute approximate surface area is 289 Å². The molecule has 0 aromatic heterocycles. The minimum Gasteiger partial charge on any atom is -0.460 e. The van der Waals surface area contributed by atoms with E-state index in [1.54, 1.807) is 41.5 Å². The largest absolute Gasteiger partial charge is 0.460 e. The first kappa shape index (κ1) is 39.2. The molecule has 50 heavy (non-hydrogen) atoms. The van der Waals surface area contributed by atoms with Gasteiger partial charge in [-0.3, -0.25) is 9.59 Å². The van der Waals surface area contributed by atoms with Crippen molar-refractivity contribution in [3.05, 3.63) is 65.0 Å². The van der Waals surface area contributed by atoms with Crippen LogP contribution in [-0.4, -0.2) is 49.7 Å². The zero-order chi connectivity index (χ0) is 37.7. The number of hydrogen-bond donors (Lipinski definition) is 1. The molecule has 2 aromatic rings. The number of sulfone groups is 1. The molecule has 2 aliphatic carbocycles. The molecule has 0 bridgehead atoms. The van der Waals surface area contributed by atoms with Crippen LogP contribution in [0.4, 0.5) is 26.7 Å². The van der Waals surface area contributed by atoms with Gasteiger partial charge in [0, 0.05) is 6.42 Å². The van der Waals surface area contributed by atoms with E-state index >= 15 is 4.39 Å². The molecule has 0 radical (unpaired) electrons. The molecule has 0 aliphatic heterocycles. The lowest BCUT2D eigenvalue weighted by Gasteiger charge is -2.43. The van der Waals surface area contributed by atoms with Gasteiger partial charge >= 0.3 is 18.2 Å². The number of alkyl carbamates (subject to hydrolysis) is 1. The van der Waals surface area contributed by atoms with Crippen molar-refractivity contribution in [2.45, 2.75) is 126 Å². The average molecular weight is 730 g/mol. The molecule has 5 atom stereocenters. The number of benzene rings is 2. The third-order valence-corrected chi connectivity index (χ3v) is 11.9. The number of nitrogens with one attached hydrogen (secondary N) is 1. The molecule has 276 valence electrons. The summed E-state index contributed by atoms with van der Waals surface area (Å²) in [5.41, 5.74) is -5.73. The Morgan fingerprint density at radius 2 is 1.50 bits per heavy atom. The van der Waals surface area contributed by atoms with Gasteiger partial charge in [0.05, 0.1) is 11.3 Å². The highest BCUT2D eigenvalue weighted by Crippen LogP contribution is 2.60. The maximum atomic E-state index is 15.1. The first-order chi connectivity index (χ1) is 22.8. The number of esters is 1. The summed E-state index contributed by atoms with van der Waals surface area (Å²) >= 11 is 0. The standard InChI is InChI=1S/C36H44F5NO7S/c1-32(2,3)48-30(44)20-28(42-31(45)49-33(4,5)6)29(43)19-22-16-17-35(50(46,47)25-12-10-24(37)11-13-25)26(22)14-8-21-18-23(9-15-27(21)35)34(7,38)36(39,40)41/h9-13,15,18,22,26,28H,8,14,16-17,19-20H2,1-7H3,(H,42,45)/t22-,26-,28+,34?,35-/m0/s1. The number of carbonyl (C=O) groups excluding carboxylic acids is 3. The summed E-state index contributed by atoms with van der Waals surface area (Å²) in [6, 6.07) is 6.06. The van der Waals surface area contributed by atoms with Gasteiger partial charge in [-0.1, -0.05) is 18.2 Å². The van der Waals surface area contributed by atoms with Gasteiger partial charge in [0.25, 0.3) is 0 Å². The van der Waals surface area contributed by atoms with Crippen molar-refractivity contribution in [1.29, 1.82) is 0 Å². The van der Waals surface area contributed by atoms with Gasteiger partial charge in [-0.2, -0.15) is 13.2 Å². The third-order valence-electron chi connectivity index (χ3n) is 9.35. The van der Waals surface area contributed by atoms with Crippen LogP contribution in [0.25, 0.3) is 0 Å². The highest BCUT2D eigenvalue weighted by Gasteiger charge is 2.61. The summed E-state index contributed by atoms with van der Waals surface area (Å²) in [6.45, 7) is 10.2. The van der Waals surface area contributed by atoms with Crippen molar-refractivity contribution in [1.82, 2.24) is 5.32 Å². The number of halogens is 5. The Kier molecular flexibility index (Phi) is 10.6. The second kappa shape index (κ2) is 13.5. The average Bonchev–Trinajstić information content (AvgIpc) is 3.34.